The molecule has 0 N–H and O–H groups in total. The van der Waals surface area contributed by atoms with Crippen LogP contribution in [0.25, 0.3) is 21.5 Å². The lowest BCUT2D eigenvalue weighted by Gasteiger charge is -2.09. The minimum atomic E-state index is -0.0216. The number of hydrogen-bond acceptors (Lipinski definition) is 6. The van der Waals surface area contributed by atoms with Gasteiger partial charge in [-0.05, 0) is 19.4 Å². The third kappa shape index (κ3) is 3.43. The molecule has 7 heteroatoms. The lowest BCUT2D eigenvalue weighted by atomic mass is 10.2. The van der Waals surface area contributed by atoms with E-state index in [0.29, 0.717) is 28.7 Å². The highest BCUT2D eigenvalue weighted by atomic mass is 32.2. The molecule has 0 aliphatic rings. The van der Waals surface area contributed by atoms with Gasteiger partial charge in [-0.3, -0.25) is 9.36 Å². The van der Waals surface area contributed by atoms with Crippen molar-refractivity contribution in [2.45, 2.75) is 31.3 Å². The Hall–Kier alpha value is -2.64. The van der Waals surface area contributed by atoms with Gasteiger partial charge in [0.15, 0.2) is 10.9 Å². The van der Waals surface area contributed by atoms with Crippen LogP contribution in [-0.4, -0.2) is 14.5 Å². The molecule has 3 heterocycles. The number of aryl methyl sites for hydroxylation is 2. The van der Waals surface area contributed by atoms with Gasteiger partial charge in [-0.1, -0.05) is 48.2 Å². The molecule has 4 rings (SSSR count). The van der Waals surface area contributed by atoms with Gasteiger partial charge in [0, 0.05) is 17.0 Å². The van der Waals surface area contributed by atoms with Crippen molar-refractivity contribution in [2.75, 3.05) is 0 Å². The average molecular weight is 410 g/mol. The van der Waals surface area contributed by atoms with Crippen LogP contribution in [0, 0.1) is 13.8 Å². The standard InChI is InChI=1S/C21H19N3O2S2/c1-4-10-24-20(25)18-13(2)14(3)28-19(18)23-21(24)27-12-17-22-11-16(26-17)15-8-6-5-7-9-15/h4-9,11H,1,10,12H2,2-3H3. The normalized spacial score (nSPS) is 11.2. The highest BCUT2D eigenvalue weighted by Crippen LogP contribution is 2.30. The molecule has 142 valence electrons. The van der Waals surface area contributed by atoms with Crippen molar-refractivity contribution in [3.05, 3.63) is 75.9 Å². The van der Waals surface area contributed by atoms with Crippen LogP contribution in [-0.2, 0) is 12.3 Å². The van der Waals surface area contributed by atoms with Crippen LogP contribution < -0.4 is 5.56 Å². The molecule has 0 spiro atoms. The fourth-order valence-electron chi connectivity index (χ4n) is 2.95. The molecule has 0 amide bonds. The van der Waals surface area contributed by atoms with Gasteiger partial charge in [0.2, 0.25) is 5.89 Å². The van der Waals surface area contributed by atoms with Crippen LogP contribution in [0.3, 0.4) is 0 Å². The van der Waals surface area contributed by atoms with Gasteiger partial charge in [-0.25, -0.2) is 9.97 Å². The minimum absolute atomic E-state index is 0.0216. The smallest absolute Gasteiger partial charge is 0.263 e. The highest BCUT2D eigenvalue weighted by Gasteiger charge is 2.17. The van der Waals surface area contributed by atoms with E-state index >= 15 is 0 Å². The van der Waals surface area contributed by atoms with Gasteiger partial charge in [0.1, 0.15) is 4.83 Å². The van der Waals surface area contributed by atoms with Crippen LogP contribution in [0.2, 0.25) is 0 Å². The van der Waals surface area contributed by atoms with Crippen molar-refractivity contribution < 1.29 is 4.42 Å². The average Bonchev–Trinajstić information content (AvgIpc) is 3.28. The molecule has 0 unspecified atom stereocenters. The fourth-order valence-corrected chi connectivity index (χ4v) is 4.88. The molecular weight excluding hydrogens is 390 g/mol. The summed E-state index contributed by atoms with van der Waals surface area (Å²) >= 11 is 3.00. The molecule has 28 heavy (non-hydrogen) atoms. The third-order valence-electron chi connectivity index (χ3n) is 4.50. The SMILES string of the molecule is C=CCn1c(SCc2ncc(-c3ccccc3)o2)nc2sc(C)c(C)c2c1=O. The molecule has 0 saturated heterocycles. The Kier molecular flexibility index (Phi) is 5.19. The second-order valence-electron chi connectivity index (χ2n) is 6.34. The van der Waals surface area contributed by atoms with E-state index in [9.17, 15) is 4.79 Å². The second-order valence-corrected chi connectivity index (χ2v) is 8.48. The first-order valence-corrected chi connectivity index (χ1v) is 10.6. The van der Waals surface area contributed by atoms with E-state index in [0.717, 1.165) is 26.6 Å². The first-order chi connectivity index (χ1) is 13.6. The Morgan fingerprint density at radius 3 is 2.82 bits per heavy atom. The predicted octanol–water partition coefficient (Wildman–Crippen LogP) is 5.21. The summed E-state index contributed by atoms with van der Waals surface area (Å²) in [5, 5.41) is 1.36. The number of nitrogens with zero attached hydrogens (tertiary/aromatic N) is 3. The molecule has 0 fully saturated rings. The molecule has 4 aromatic rings. The summed E-state index contributed by atoms with van der Waals surface area (Å²) in [6.45, 7) is 8.18. The Bertz CT molecular complexity index is 1210. The van der Waals surface area contributed by atoms with E-state index in [2.05, 4.69) is 11.6 Å². The Morgan fingerprint density at radius 1 is 1.29 bits per heavy atom. The first kappa shape index (κ1) is 18.7. The zero-order chi connectivity index (χ0) is 19.7. The molecule has 3 aromatic heterocycles. The molecule has 0 aliphatic carbocycles. The molecular formula is C21H19N3O2S2. The highest BCUT2D eigenvalue weighted by molar-refractivity contribution is 7.98. The molecule has 0 radical (unpaired) electrons. The summed E-state index contributed by atoms with van der Waals surface area (Å²) < 4.78 is 7.53. The molecule has 0 bridgehead atoms. The topological polar surface area (TPSA) is 60.9 Å². The van der Waals surface area contributed by atoms with Crippen molar-refractivity contribution >= 4 is 33.3 Å². The number of thioether (sulfide) groups is 1. The number of hydrogen-bond donors (Lipinski definition) is 0. The van der Waals surface area contributed by atoms with E-state index in [-0.39, 0.29) is 5.56 Å². The van der Waals surface area contributed by atoms with Gasteiger partial charge in [0.05, 0.1) is 17.3 Å². The van der Waals surface area contributed by atoms with Gasteiger partial charge < -0.3 is 4.42 Å². The van der Waals surface area contributed by atoms with E-state index in [1.54, 1.807) is 28.2 Å². The number of oxazole rings is 1. The van der Waals surface area contributed by atoms with Gasteiger partial charge >= 0.3 is 0 Å². The number of thiophene rings is 1. The number of aromatic nitrogens is 3. The molecule has 1 aromatic carbocycles. The largest absolute Gasteiger partial charge is 0.440 e. The summed E-state index contributed by atoms with van der Waals surface area (Å²) in [4.78, 5) is 24.0. The number of benzene rings is 1. The molecule has 0 saturated carbocycles. The van der Waals surface area contributed by atoms with E-state index < -0.39 is 0 Å². The quantitative estimate of drug-likeness (QED) is 0.249. The lowest BCUT2D eigenvalue weighted by molar-refractivity contribution is 0.529. The maximum atomic E-state index is 13.0. The first-order valence-electron chi connectivity index (χ1n) is 8.83. The zero-order valence-corrected chi connectivity index (χ0v) is 17.3. The third-order valence-corrected chi connectivity index (χ3v) is 6.56. The van der Waals surface area contributed by atoms with E-state index in [1.807, 2.05) is 44.2 Å². The van der Waals surface area contributed by atoms with E-state index in [1.165, 1.54) is 11.8 Å². The van der Waals surface area contributed by atoms with Crippen molar-refractivity contribution in [3.8, 4) is 11.3 Å². The van der Waals surface area contributed by atoms with Gasteiger partial charge in [-0.15, -0.1) is 17.9 Å². The van der Waals surface area contributed by atoms with Crippen molar-refractivity contribution in [1.29, 1.82) is 0 Å². The fraction of sp³-hybridized carbons (Fsp3) is 0.190. The molecule has 0 atom stereocenters. The Morgan fingerprint density at radius 2 is 2.07 bits per heavy atom. The summed E-state index contributed by atoms with van der Waals surface area (Å²) in [6, 6.07) is 9.85. The molecule has 5 nitrogen and oxygen atoms in total. The minimum Gasteiger partial charge on any atom is -0.440 e. The summed E-state index contributed by atoms with van der Waals surface area (Å²) in [6.07, 6.45) is 3.44. The number of fused-ring (bicyclic) bond motifs is 1. The summed E-state index contributed by atoms with van der Waals surface area (Å²) in [5.74, 6) is 1.82. The van der Waals surface area contributed by atoms with Crippen LogP contribution in [0.4, 0.5) is 0 Å². The lowest BCUT2D eigenvalue weighted by Crippen LogP contribution is -2.22. The maximum absolute atomic E-state index is 13.0. The Labute approximate surface area is 170 Å². The number of allylic oxidation sites excluding steroid dienone is 1. The van der Waals surface area contributed by atoms with E-state index in [4.69, 9.17) is 9.40 Å². The zero-order valence-electron chi connectivity index (χ0n) is 15.6. The summed E-state index contributed by atoms with van der Waals surface area (Å²) in [7, 11) is 0. The number of rotatable bonds is 6. The Balaban J connectivity index is 1.64. The molecule has 0 aliphatic heterocycles. The van der Waals surface area contributed by atoms with Gasteiger partial charge in [-0.2, -0.15) is 0 Å². The summed E-state index contributed by atoms with van der Waals surface area (Å²) in [5.41, 5.74) is 1.97. The monoisotopic (exact) mass is 409 g/mol. The van der Waals surface area contributed by atoms with Gasteiger partial charge in [0.25, 0.3) is 5.56 Å². The van der Waals surface area contributed by atoms with Crippen LogP contribution >= 0.6 is 23.1 Å². The van der Waals surface area contributed by atoms with Crippen molar-refractivity contribution in [3.63, 3.8) is 0 Å². The maximum Gasteiger partial charge on any atom is 0.263 e. The van der Waals surface area contributed by atoms with Crippen LogP contribution in [0.15, 0.2) is 63.6 Å². The van der Waals surface area contributed by atoms with Crippen molar-refractivity contribution in [2.24, 2.45) is 0 Å². The van der Waals surface area contributed by atoms with Crippen LogP contribution in [0.5, 0.6) is 0 Å². The van der Waals surface area contributed by atoms with Crippen molar-refractivity contribution in [1.82, 2.24) is 14.5 Å². The van der Waals surface area contributed by atoms with Crippen LogP contribution in [0.1, 0.15) is 16.3 Å². The second kappa shape index (κ2) is 7.77. The predicted molar refractivity (Wildman–Crippen MR) is 115 cm³/mol.